The molecule has 2 N–H and O–H groups in total. The third kappa shape index (κ3) is 5.48. The molecule has 34 heavy (non-hydrogen) atoms. The van der Waals surface area contributed by atoms with Crippen LogP contribution in [0.1, 0.15) is 19.5 Å². The number of ether oxygens (including phenoxy) is 1. The topological polar surface area (TPSA) is 85.5 Å². The number of carbonyl (C=O) groups excluding carboxylic acids is 1. The number of amides is 2. The van der Waals surface area contributed by atoms with E-state index in [4.69, 9.17) is 4.74 Å². The molecule has 4 rings (SSSR count). The Labute approximate surface area is 193 Å². The summed E-state index contributed by atoms with van der Waals surface area (Å²) in [5, 5.41) is 4.24. The Morgan fingerprint density at radius 3 is 2.65 bits per heavy atom. The first-order valence-electron chi connectivity index (χ1n) is 10.5. The van der Waals surface area contributed by atoms with Gasteiger partial charge in [-0.05, 0) is 39.0 Å². The highest BCUT2D eigenvalue weighted by Gasteiger charge is 2.27. The van der Waals surface area contributed by atoms with Crippen molar-refractivity contribution in [2.45, 2.75) is 33.1 Å². The molecule has 3 heterocycles. The van der Waals surface area contributed by atoms with Crippen LogP contribution in [0.4, 0.5) is 23.7 Å². The number of pyridine rings is 1. The Morgan fingerprint density at radius 1 is 1.18 bits per heavy atom. The van der Waals surface area contributed by atoms with Crippen molar-refractivity contribution in [2.75, 3.05) is 11.9 Å². The van der Waals surface area contributed by atoms with E-state index in [-0.39, 0.29) is 11.8 Å². The second kappa shape index (κ2) is 9.08. The number of alkyl halides is 3. The molecule has 11 heteroatoms. The van der Waals surface area contributed by atoms with Crippen LogP contribution in [0, 0.1) is 6.92 Å². The predicted octanol–water partition coefficient (Wildman–Crippen LogP) is 4.97. The zero-order valence-electron chi connectivity index (χ0n) is 18.7. The zero-order chi connectivity index (χ0) is 24.5. The number of carbonyl (C=O) groups is 1. The lowest BCUT2D eigenvalue weighted by molar-refractivity contribution is -0.122. The molecule has 0 aliphatic carbocycles. The molecular formula is C23H23F3N6O2. The molecule has 0 saturated heterocycles. The first-order chi connectivity index (χ1) is 16.1. The van der Waals surface area contributed by atoms with Crippen molar-refractivity contribution in [2.24, 2.45) is 0 Å². The molecule has 0 unspecified atom stereocenters. The summed E-state index contributed by atoms with van der Waals surface area (Å²) < 4.78 is 46.8. The number of rotatable bonds is 6. The van der Waals surface area contributed by atoms with Crippen LogP contribution in [0.5, 0.6) is 5.75 Å². The molecule has 178 valence electrons. The number of nitrogens with one attached hydrogen (secondary N) is 2. The zero-order valence-corrected chi connectivity index (χ0v) is 18.7. The van der Waals surface area contributed by atoms with Gasteiger partial charge in [0.25, 0.3) is 0 Å². The van der Waals surface area contributed by atoms with Crippen molar-refractivity contribution in [3.8, 4) is 22.7 Å². The maximum absolute atomic E-state index is 12.4. The fourth-order valence-corrected chi connectivity index (χ4v) is 3.42. The highest BCUT2D eigenvalue weighted by Crippen LogP contribution is 2.30. The second-order valence-corrected chi connectivity index (χ2v) is 8.01. The summed E-state index contributed by atoms with van der Waals surface area (Å²) in [5.74, 6) is 0.457. The van der Waals surface area contributed by atoms with Gasteiger partial charge in [0.1, 0.15) is 17.9 Å². The van der Waals surface area contributed by atoms with Crippen LogP contribution < -0.4 is 15.4 Å². The Morgan fingerprint density at radius 2 is 1.97 bits per heavy atom. The van der Waals surface area contributed by atoms with Gasteiger partial charge in [-0.25, -0.2) is 14.8 Å². The number of fused-ring (bicyclic) bond motifs is 1. The van der Waals surface area contributed by atoms with Crippen LogP contribution in [0.25, 0.3) is 22.6 Å². The van der Waals surface area contributed by atoms with Crippen LogP contribution in [0.15, 0.2) is 55.2 Å². The van der Waals surface area contributed by atoms with Crippen LogP contribution in [0.2, 0.25) is 0 Å². The molecule has 0 atom stereocenters. The molecule has 0 fully saturated rings. The molecule has 3 aromatic heterocycles. The summed E-state index contributed by atoms with van der Waals surface area (Å²) >= 11 is 0. The van der Waals surface area contributed by atoms with Gasteiger partial charge in [-0.1, -0.05) is 0 Å². The second-order valence-electron chi connectivity index (χ2n) is 8.01. The Kier molecular flexibility index (Phi) is 6.18. The molecule has 8 nitrogen and oxygen atoms in total. The van der Waals surface area contributed by atoms with Gasteiger partial charge in [0.15, 0.2) is 0 Å². The lowest BCUT2D eigenvalue weighted by Gasteiger charge is -2.15. The van der Waals surface area contributed by atoms with Crippen molar-refractivity contribution in [3.05, 3.63) is 60.9 Å². The van der Waals surface area contributed by atoms with E-state index in [1.165, 1.54) is 0 Å². The van der Waals surface area contributed by atoms with Crippen LogP contribution in [-0.2, 0) is 0 Å². The van der Waals surface area contributed by atoms with Crippen LogP contribution in [0.3, 0.4) is 0 Å². The number of nitrogens with zero attached hydrogens (tertiary/aromatic N) is 4. The van der Waals surface area contributed by atoms with Crippen molar-refractivity contribution in [3.63, 3.8) is 0 Å². The normalized spacial score (nSPS) is 11.7. The fraction of sp³-hybridized carbons (Fsp3) is 0.261. The minimum absolute atomic E-state index is 0.148. The lowest BCUT2D eigenvalue weighted by Crippen LogP contribution is -2.36. The molecule has 0 spiro atoms. The van der Waals surface area contributed by atoms with E-state index in [0.717, 1.165) is 17.1 Å². The number of halogens is 3. The molecule has 1 aromatic carbocycles. The molecule has 0 saturated carbocycles. The summed E-state index contributed by atoms with van der Waals surface area (Å²) in [6, 6.07) is 7.84. The van der Waals surface area contributed by atoms with E-state index in [2.05, 4.69) is 15.3 Å². The quantitative estimate of drug-likeness (QED) is 0.415. The van der Waals surface area contributed by atoms with Crippen LogP contribution >= 0.6 is 0 Å². The van der Waals surface area contributed by atoms with E-state index < -0.39 is 18.8 Å². The Bertz CT molecular complexity index is 1330. The summed E-state index contributed by atoms with van der Waals surface area (Å²) in [6.07, 6.45) is 2.52. The van der Waals surface area contributed by atoms with Crippen molar-refractivity contribution >= 4 is 17.4 Å². The Hall–Kier alpha value is -4.02. The van der Waals surface area contributed by atoms with Gasteiger partial charge in [0.2, 0.25) is 0 Å². The smallest absolute Gasteiger partial charge is 0.405 e. The maximum atomic E-state index is 12.4. The molecular weight excluding hydrogens is 449 g/mol. The van der Waals surface area contributed by atoms with E-state index in [0.29, 0.717) is 17.0 Å². The number of aryl methyl sites for hydroxylation is 1. The number of anilines is 1. The first kappa shape index (κ1) is 23.1. The monoisotopic (exact) mass is 472 g/mol. The van der Waals surface area contributed by atoms with Gasteiger partial charge >= 0.3 is 12.2 Å². The van der Waals surface area contributed by atoms with Gasteiger partial charge < -0.3 is 19.9 Å². The molecule has 0 aliphatic heterocycles. The average Bonchev–Trinajstić information content (AvgIpc) is 3.37. The fourth-order valence-electron chi connectivity index (χ4n) is 3.42. The minimum Gasteiger partial charge on any atom is -0.491 e. The first-order valence-corrected chi connectivity index (χ1v) is 10.5. The minimum atomic E-state index is -4.50. The molecule has 4 aromatic rings. The third-order valence-electron chi connectivity index (χ3n) is 4.79. The van der Waals surface area contributed by atoms with E-state index in [1.54, 1.807) is 36.0 Å². The van der Waals surface area contributed by atoms with E-state index in [1.807, 2.05) is 54.3 Å². The highest BCUT2D eigenvalue weighted by molar-refractivity contribution is 5.90. The van der Waals surface area contributed by atoms with Gasteiger partial charge in [-0.15, -0.1) is 0 Å². The summed E-state index contributed by atoms with van der Waals surface area (Å²) in [4.78, 5) is 20.7. The predicted molar refractivity (Wildman–Crippen MR) is 121 cm³/mol. The Balaban J connectivity index is 1.67. The molecule has 0 radical (unpaired) electrons. The van der Waals surface area contributed by atoms with E-state index in [9.17, 15) is 18.0 Å². The number of hydrogen-bond donors (Lipinski definition) is 2. The standard InChI is InChI=1S/C23H23F3N6O2/c1-14(2)34-19-7-16(6-17(8-19)30-22(33)28-12-23(24,25)26)20-10-27-21-9-18(4-5-32(20)21)31-11-15(3)29-13-31/h4-11,13-14H,12H2,1-3H3,(H2,28,30,33). The van der Waals surface area contributed by atoms with Gasteiger partial charge in [-0.2, -0.15) is 13.2 Å². The summed E-state index contributed by atoms with van der Waals surface area (Å²) in [6.45, 7) is 4.18. The molecule has 2 amide bonds. The van der Waals surface area contributed by atoms with Gasteiger partial charge in [-0.3, -0.25) is 4.40 Å². The number of benzene rings is 1. The molecule has 0 aliphatic rings. The number of imidazole rings is 2. The number of hydrogen-bond acceptors (Lipinski definition) is 4. The summed E-state index contributed by atoms with van der Waals surface area (Å²) in [5.41, 5.74) is 4.15. The van der Waals surface area contributed by atoms with Crippen molar-refractivity contribution < 1.29 is 22.7 Å². The highest BCUT2D eigenvalue weighted by atomic mass is 19.4. The van der Waals surface area contributed by atoms with Crippen molar-refractivity contribution in [1.29, 1.82) is 0 Å². The number of urea groups is 1. The van der Waals surface area contributed by atoms with E-state index >= 15 is 0 Å². The molecule has 0 bridgehead atoms. The maximum Gasteiger partial charge on any atom is 0.405 e. The van der Waals surface area contributed by atoms with Gasteiger partial charge in [0.05, 0.1) is 35.7 Å². The average molecular weight is 472 g/mol. The largest absolute Gasteiger partial charge is 0.491 e. The van der Waals surface area contributed by atoms with Gasteiger partial charge in [0, 0.05) is 35.8 Å². The number of aromatic nitrogens is 4. The van der Waals surface area contributed by atoms with Crippen molar-refractivity contribution in [1.82, 2.24) is 24.3 Å². The lowest BCUT2D eigenvalue weighted by atomic mass is 10.1. The van der Waals surface area contributed by atoms with Crippen LogP contribution in [-0.4, -0.2) is 43.8 Å². The summed E-state index contributed by atoms with van der Waals surface area (Å²) in [7, 11) is 0. The third-order valence-corrected chi connectivity index (χ3v) is 4.79. The SMILES string of the molecule is Cc1cn(-c2ccn3c(-c4cc(NC(=O)NCC(F)(F)F)cc(OC(C)C)c4)cnc3c2)cn1.